The van der Waals surface area contributed by atoms with Gasteiger partial charge in [-0.25, -0.2) is 12.8 Å². The number of amides is 1. The van der Waals surface area contributed by atoms with Crippen molar-refractivity contribution in [2.45, 2.75) is 36.4 Å². The SMILES string of the molecule is N#CC1(NC(=O)/C(=C\S(=O)(=O)Cc2ccccc2-c2ccccc2)N[C@@H](c2ccc(F)cc2)C(F)(F)F)CC1. The Morgan fingerprint density at radius 2 is 1.62 bits per heavy atom. The Balaban J connectivity index is 1.72. The number of alkyl halides is 3. The lowest BCUT2D eigenvalue weighted by Gasteiger charge is -2.25. The fraction of sp³-hybridized carbons (Fsp3) is 0.214. The summed E-state index contributed by atoms with van der Waals surface area (Å²) < 4.78 is 82.1. The number of carbonyl (C=O) groups excluding carboxylic acids is 1. The van der Waals surface area contributed by atoms with Crippen LogP contribution in [0, 0.1) is 17.1 Å². The van der Waals surface area contributed by atoms with Crippen LogP contribution in [0.15, 0.2) is 90.0 Å². The molecule has 2 N–H and O–H groups in total. The highest BCUT2D eigenvalue weighted by Gasteiger charge is 2.46. The molecule has 1 aliphatic carbocycles. The van der Waals surface area contributed by atoms with Gasteiger partial charge < -0.3 is 10.6 Å². The molecule has 202 valence electrons. The Bertz CT molecular complexity index is 1530. The van der Waals surface area contributed by atoms with Crippen LogP contribution in [-0.4, -0.2) is 26.0 Å². The Kier molecular flexibility index (Phi) is 7.79. The highest BCUT2D eigenvalue weighted by molar-refractivity contribution is 7.93. The summed E-state index contributed by atoms with van der Waals surface area (Å²) in [4.78, 5) is 13.0. The standard InChI is InChI=1S/C28H23F4N3O3S/c29-22-12-10-20(11-13-22)25(28(30,31)32)34-24(26(36)35-27(18-33)14-15-27)17-39(37,38)16-21-8-4-5-9-23(21)19-6-2-1-3-7-19/h1-13,17,25,34H,14-16H2,(H,35,36)/b24-17+/t25-/m0/s1. The van der Waals surface area contributed by atoms with Crippen LogP contribution in [-0.2, 0) is 20.4 Å². The topological polar surface area (TPSA) is 99.1 Å². The molecule has 0 unspecified atom stereocenters. The second-order valence-electron chi connectivity index (χ2n) is 9.18. The van der Waals surface area contributed by atoms with Gasteiger partial charge in [0.25, 0.3) is 5.91 Å². The molecule has 4 rings (SSSR count). The van der Waals surface area contributed by atoms with Gasteiger partial charge in [-0.2, -0.15) is 18.4 Å². The van der Waals surface area contributed by atoms with Gasteiger partial charge in [-0.1, -0.05) is 66.7 Å². The Morgan fingerprint density at radius 1 is 1.00 bits per heavy atom. The van der Waals surface area contributed by atoms with E-state index in [2.05, 4.69) is 5.32 Å². The molecule has 1 aliphatic rings. The van der Waals surface area contributed by atoms with Gasteiger partial charge in [-0.05, 0) is 47.2 Å². The van der Waals surface area contributed by atoms with Gasteiger partial charge in [0.05, 0.1) is 17.2 Å². The molecule has 0 spiro atoms. The van der Waals surface area contributed by atoms with Gasteiger partial charge in [-0.15, -0.1) is 0 Å². The molecule has 3 aromatic rings. The lowest BCUT2D eigenvalue weighted by Crippen LogP contribution is -2.43. The van der Waals surface area contributed by atoms with Crippen LogP contribution < -0.4 is 10.6 Å². The number of halogens is 4. The zero-order chi connectivity index (χ0) is 28.3. The van der Waals surface area contributed by atoms with Gasteiger partial charge in [0.15, 0.2) is 9.84 Å². The van der Waals surface area contributed by atoms with Crippen molar-refractivity contribution in [1.82, 2.24) is 10.6 Å². The van der Waals surface area contributed by atoms with Gasteiger partial charge in [0.1, 0.15) is 23.1 Å². The largest absolute Gasteiger partial charge is 0.412 e. The van der Waals surface area contributed by atoms with E-state index in [1.165, 1.54) is 0 Å². The number of hydrogen-bond acceptors (Lipinski definition) is 5. The molecule has 1 fully saturated rings. The molecular formula is C28H23F4N3O3S. The van der Waals surface area contributed by atoms with E-state index in [1.807, 2.05) is 11.4 Å². The van der Waals surface area contributed by atoms with E-state index in [-0.39, 0.29) is 12.8 Å². The Hall–Kier alpha value is -4.17. The van der Waals surface area contributed by atoms with Crippen LogP contribution in [0.25, 0.3) is 11.1 Å². The molecule has 0 heterocycles. The molecule has 1 saturated carbocycles. The van der Waals surface area contributed by atoms with Crippen molar-refractivity contribution < 1.29 is 30.8 Å². The number of rotatable bonds is 9. The van der Waals surface area contributed by atoms with E-state index in [0.29, 0.717) is 16.5 Å². The predicted molar refractivity (Wildman–Crippen MR) is 137 cm³/mol. The third-order valence-corrected chi connectivity index (χ3v) is 7.46. The van der Waals surface area contributed by atoms with E-state index in [1.54, 1.807) is 54.6 Å². The molecule has 0 aromatic heterocycles. The van der Waals surface area contributed by atoms with Crippen LogP contribution >= 0.6 is 0 Å². The number of nitrogens with one attached hydrogen (secondary N) is 2. The molecule has 0 saturated heterocycles. The zero-order valence-electron chi connectivity index (χ0n) is 20.4. The molecule has 1 atom stereocenters. The minimum atomic E-state index is -4.98. The van der Waals surface area contributed by atoms with E-state index >= 15 is 0 Å². The summed E-state index contributed by atoms with van der Waals surface area (Å²) in [6.45, 7) is 0. The minimum Gasteiger partial charge on any atom is -0.365 e. The second kappa shape index (κ2) is 10.9. The lowest BCUT2D eigenvalue weighted by atomic mass is 10.0. The first-order chi connectivity index (χ1) is 18.4. The summed E-state index contributed by atoms with van der Waals surface area (Å²) in [5.41, 5.74) is -0.876. The van der Waals surface area contributed by atoms with Gasteiger partial charge in [0.2, 0.25) is 0 Å². The first-order valence-electron chi connectivity index (χ1n) is 11.8. The molecule has 6 nitrogen and oxygen atoms in total. The number of nitriles is 1. The molecule has 3 aromatic carbocycles. The van der Waals surface area contributed by atoms with Crippen molar-refractivity contribution in [3.63, 3.8) is 0 Å². The number of nitrogens with zero attached hydrogens (tertiary/aromatic N) is 1. The molecule has 0 bridgehead atoms. The fourth-order valence-electron chi connectivity index (χ4n) is 3.98. The maximum atomic E-state index is 14.0. The normalized spacial score (nSPS) is 15.6. The van der Waals surface area contributed by atoms with E-state index in [4.69, 9.17) is 0 Å². The molecule has 39 heavy (non-hydrogen) atoms. The molecular weight excluding hydrogens is 534 g/mol. The van der Waals surface area contributed by atoms with Crippen LogP contribution in [0.5, 0.6) is 0 Å². The zero-order valence-corrected chi connectivity index (χ0v) is 21.2. The summed E-state index contributed by atoms with van der Waals surface area (Å²) in [7, 11) is -4.33. The van der Waals surface area contributed by atoms with Gasteiger partial charge >= 0.3 is 6.18 Å². The Morgan fingerprint density at radius 3 is 2.21 bits per heavy atom. The average molecular weight is 558 g/mol. The van der Waals surface area contributed by atoms with Crippen LogP contribution in [0.2, 0.25) is 0 Å². The smallest absolute Gasteiger partial charge is 0.365 e. The summed E-state index contributed by atoms with van der Waals surface area (Å²) in [6, 6.07) is 18.4. The average Bonchev–Trinajstić information content (AvgIpc) is 3.67. The quantitative estimate of drug-likeness (QED) is 0.274. The first-order valence-corrected chi connectivity index (χ1v) is 13.5. The number of hydrogen-bond donors (Lipinski definition) is 2. The van der Waals surface area contributed by atoms with Crippen LogP contribution in [0.3, 0.4) is 0 Å². The molecule has 0 aliphatic heterocycles. The summed E-state index contributed by atoms with van der Waals surface area (Å²) >= 11 is 0. The van der Waals surface area contributed by atoms with Gasteiger partial charge in [-0.3, -0.25) is 4.79 Å². The maximum absolute atomic E-state index is 14.0. The fourth-order valence-corrected chi connectivity index (χ4v) is 5.28. The van der Waals surface area contributed by atoms with Crippen molar-refractivity contribution in [3.05, 3.63) is 107 Å². The summed E-state index contributed by atoms with van der Waals surface area (Å²) in [6.07, 6.45) is -4.42. The number of benzene rings is 3. The van der Waals surface area contributed by atoms with Crippen molar-refractivity contribution in [3.8, 4) is 17.2 Å². The molecule has 1 amide bonds. The third kappa shape index (κ3) is 7.03. The van der Waals surface area contributed by atoms with E-state index in [9.17, 15) is 36.0 Å². The summed E-state index contributed by atoms with van der Waals surface area (Å²) in [5.74, 6) is -2.55. The molecule has 0 radical (unpaired) electrons. The number of sulfone groups is 1. The van der Waals surface area contributed by atoms with Crippen molar-refractivity contribution in [2.24, 2.45) is 0 Å². The second-order valence-corrected chi connectivity index (χ2v) is 11.0. The Labute approximate surface area is 222 Å². The van der Waals surface area contributed by atoms with Crippen LogP contribution in [0.1, 0.15) is 30.0 Å². The third-order valence-electron chi connectivity index (χ3n) is 6.15. The highest BCUT2D eigenvalue weighted by atomic mass is 32.2. The lowest BCUT2D eigenvalue weighted by molar-refractivity contribution is -0.156. The monoisotopic (exact) mass is 557 g/mol. The summed E-state index contributed by atoms with van der Waals surface area (Å²) in [5, 5.41) is 14.1. The van der Waals surface area contributed by atoms with Crippen molar-refractivity contribution in [1.29, 1.82) is 5.26 Å². The minimum absolute atomic E-state index is 0.278. The highest BCUT2D eigenvalue weighted by Crippen LogP contribution is 2.36. The van der Waals surface area contributed by atoms with Gasteiger partial charge in [0, 0.05) is 0 Å². The number of carbonyl (C=O) groups is 1. The van der Waals surface area contributed by atoms with Crippen molar-refractivity contribution >= 4 is 15.7 Å². The van der Waals surface area contributed by atoms with Crippen molar-refractivity contribution in [2.75, 3.05) is 0 Å². The maximum Gasteiger partial charge on any atom is 0.412 e. The predicted octanol–water partition coefficient (Wildman–Crippen LogP) is 5.31. The molecule has 11 heteroatoms. The van der Waals surface area contributed by atoms with E-state index in [0.717, 1.165) is 29.8 Å². The van der Waals surface area contributed by atoms with E-state index < -0.39 is 56.3 Å². The van der Waals surface area contributed by atoms with Crippen LogP contribution in [0.4, 0.5) is 17.6 Å². The first kappa shape index (κ1) is 27.9.